The largest absolute Gasteiger partial charge is 0.381 e. The normalized spacial score (nSPS) is 18.2. The molecule has 0 saturated carbocycles. The summed E-state index contributed by atoms with van der Waals surface area (Å²) in [6.45, 7) is 2.00. The molecule has 5 heterocycles. The van der Waals surface area contributed by atoms with E-state index >= 15 is 0 Å². The van der Waals surface area contributed by atoms with Gasteiger partial charge in [0.25, 0.3) is 0 Å². The van der Waals surface area contributed by atoms with Gasteiger partial charge in [-0.1, -0.05) is 6.07 Å². The average molecular weight is 395 g/mol. The van der Waals surface area contributed by atoms with Crippen LogP contribution in [0.25, 0.3) is 10.7 Å². The molecule has 2 aliphatic rings. The topological polar surface area (TPSA) is 84.0 Å². The first-order valence-electron chi connectivity index (χ1n) is 9.53. The first-order chi connectivity index (χ1) is 13.8. The number of hydrogen-bond acceptors (Lipinski definition) is 6. The Kier molecular flexibility index (Phi) is 4.44. The number of aromatic amines is 1. The Balaban J connectivity index is 1.40. The van der Waals surface area contributed by atoms with E-state index in [0.29, 0.717) is 26.2 Å². The maximum Gasteiger partial charge on any atom is 0.229 e. The van der Waals surface area contributed by atoms with Gasteiger partial charge in [0.05, 0.1) is 35.4 Å². The van der Waals surface area contributed by atoms with E-state index in [4.69, 9.17) is 4.74 Å². The highest BCUT2D eigenvalue weighted by molar-refractivity contribution is 7.13. The number of nitrogens with zero attached hydrogens (tertiary/aromatic N) is 4. The molecule has 7 nitrogen and oxygen atoms in total. The molecule has 1 N–H and O–H groups in total. The Morgan fingerprint density at radius 3 is 3.00 bits per heavy atom. The van der Waals surface area contributed by atoms with Crippen LogP contribution >= 0.6 is 11.3 Å². The van der Waals surface area contributed by atoms with Gasteiger partial charge >= 0.3 is 0 Å². The van der Waals surface area contributed by atoms with Crippen molar-refractivity contribution in [3.05, 3.63) is 53.2 Å². The van der Waals surface area contributed by atoms with Crippen molar-refractivity contribution >= 4 is 17.2 Å². The van der Waals surface area contributed by atoms with Gasteiger partial charge in [0.2, 0.25) is 5.91 Å². The molecule has 1 fully saturated rings. The number of thiazole rings is 1. The standard InChI is InChI=1S/C20H21N5O2S/c26-17(11-14-12-28-19(24-14)16-3-1-2-7-21-16)25-8-4-15-18(23-13-22-15)20(25)5-9-27-10-6-20/h1-3,7,12-13H,4-6,8-11H2,(H,22,23). The number of hydrogen-bond donors (Lipinski definition) is 1. The van der Waals surface area contributed by atoms with E-state index in [-0.39, 0.29) is 11.4 Å². The van der Waals surface area contributed by atoms with Crippen LogP contribution < -0.4 is 0 Å². The molecule has 1 saturated heterocycles. The van der Waals surface area contributed by atoms with Gasteiger partial charge in [-0.25, -0.2) is 9.97 Å². The summed E-state index contributed by atoms with van der Waals surface area (Å²) in [5, 5.41) is 2.81. The Morgan fingerprint density at radius 1 is 1.29 bits per heavy atom. The minimum Gasteiger partial charge on any atom is -0.381 e. The summed E-state index contributed by atoms with van der Waals surface area (Å²) in [4.78, 5) is 32.2. The number of ether oxygens (including phenoxy) is 1. The first-order valence-corrected chi connectivity index (χ1v) is 10.4. The zero-order valence-electron chi connectivity index (χ0n) is 15.4. The van der Waals surface area contributed by atoms with Crippen LogP contribution in [0.15, 0.2) is 36.1 Å². The maximum atomic E-state index is 13.3. The fourth-order valence-electron chi connectivity index (χ4n) is 4.30. The Bertz CT molecular complexity index is 977. The van der Waals surface area contributed by atoms with E-state index in [2.05, 4.69) is 19.9 Å². The summed E-state index contributed by atoms with van der Waals surface area (Å²) < 4.78 is 5.59. The molecule has 1 spiro atoms. The van der Waals surface area contributed by atoms with E-state index in [1.54, 1.807) is 12.5 Å². The number of amides is 1. The minimum absolute atomic E-state index is 0.105. The monoisotopic (exact) mass is 395 g/mol. The van der Waals surface area contributed by atoms with Gasteiger partial charge in [0.1, 0.15) is 5.01 Å². The number of imidazole rings is 1. The van der Waals surface area contributed by atoms with E-state index in [1.165, 1.54) is 11.3 Å². The van der Waals surface area contributed by atoms with Gasteiger partial charge in [0, 0.05) is 43.5 Å². The van der Waals surface area contributed by atoms with Crippen LogP contribution in [0.3, 0.4) is 0 Å². The fraction of sp³-hybridized carbons (Fsp3) is 0.400. The highest BCUT2D eigenvalue weighted by atomic mass is 32.1. The molecule has 144 valence electrons. The SMILES string of the molecule is O=C(Cc1csc(-c2ccccn2)n1)N1CCc2[nH]cnc2C12CCOCC2. The first kappa shape index (κ1) is 17.5. The van der Waals surface area contributed by atoms with Crippen molar-refractivity contribution in [1.29, 1.82) is 0 Å². The van der Waals surface area contributed by atoms with Crippen molar-refractivity contribution < 1.29 is 9.53 Å². The molecule has 0 aromatic carbocycles. The highest BCUT2D eigenvalue weighted by Gasteiger charge is 2.47. The van der Waals surface area contributed by atoms with Crippen LogP contribution in [0.1, 0.15) is 29.9 Å². The number of carbonyl (C=O) groups is 1. The maximum absolute atomic E-state index is 13.3. The molecule has 0 unspecified atom stereocenters. The molecule has 5 rings (SSSR count). The van der Waals surface area contributed by atoms with E-state index in [1.807, 2.05) is 28.5 Å². The number of aromatic nitrogens is 4. The lowest BCUT2D eigenvalue weighted by Crippen LogP contribution is -2.56. The van der Waals surface area contributed by atoms with E-state index in [0.717, 1.165) is 47.0 Å². The van der Waals surface area contributed by atoms with Gasteiger partial charge in [-0.2, -0.15) is 0 Å². The lowest BCUT2D eigenvalue weighted by Gasteiger charge is -2.48. The van der Waals surface area contributed by atoms with Gasteiger partial charge < -0.3 is 14.6 Å². The van der Waals surface area contributed by atoms with E-state index < -0.39 is 0 Å². The van der Waals surface area contributed by atoms with Gasteiger partial charge in [-0.3, -0.25) is 9.78 Å². The summed E-state index contributed by atoms with van der Waals surface area (Å²) in [5.74, 6) is 0.105. The second-order valence-electron chi connectivity index (χ2n) is 7.20. The van der Waals surface area contributed by atoms with E-state index in [9.17, 15) is 4.79 Å². The molecule has 0 atom stereocenters. The number of rotatable bonds is 3. The lowest BCUT2D eigenvalue weighted by atomic mass is 9.80. The van der Waals surface area contributed by atoms with Crippen LogP contribution in [0.5, 0.6) is 0 Å². The lowest BCUT2D eigenvalue weighted by molar-refractivity contribution is -0.143. The summed E-state index contributed by atoms with van der Waals surface area (Å²) in [5.41, 5.74) is 3.44. The smallest absolute Gasteiger partial charge is 0.229 e. The second-order valence-corrected chi connectivity index (χ2v) is 8.06. The van der Waals surface area contributed by atoms with Crippen molar-refractivity contribution in [2.24, 2.45) is 0 Å². The van der Waals surface area contributed by atoms with Crippen LogP contribution in [-0.2, 0) is 27.9 Å². The highest BCUT2D eigenvalue weighted by Crippen LogP contribution is 2.42. The molecule has 2 aliphatic heterocycles. The quantitative estimate of drug-likeness (QED) is 0.737. The van der Waals surface area contributed by atoms with Gasteiger partial charge in [-0.05, 0) is 25.0 Å². The van der Waals surface area contributed by atoms with Crippen LogP contribution in [0.2, 0.25) is 0 Å². The third-order valence-corrected chi connectivity index (χ3v) is 6.56. The number of pyridine rings is 1. The predicted molar refractivity (Wildman–Crippen MR) is 105 cm³/mol. The molecular formula is C20H21N5O2S. The summed E-state index contributed by atoms with van der Waals surface area (Å²) >= 11 is 1.53. The molecule has 0 aliphatic carbocycles. The van der Waals surface area contributed by atoms with Crippen molar-refractivity contribution in [3.8, 4) is 10.7 Å². The predicted octanol–water partition coefficient (Wildman–Crippen LogP) is 2.56. The number of fused-ring (bicyclic) bond motifs is 2. The molecule has 0 bridgehead atoms. The average Bonchev–Trinajstić information content (AvgIpc) is 3.40. The van der Waals surface area contributed by atoms with Gasteiger partial charge in [0.15, 0.2) is 0 Å². The second kappa shape index (κ2) is 7.10. The number of nitrogens with one attached hydrogen (secondary N) is 1. The van der Waals surface area contributed by atoms with Crippen molar-refractivity contribution in [2.45, 2.75) is 31.2 Å². The molecule has 3 aromatic rings. The minimum atomic E-state index is -0.358. The summed E-state index contributed by atoms with van der Waals surface area (Å²) in [7, 11) is 0. The Hall–Kier alpha value is -2.58. The number of H-pyrrole nitrogens is 1. The zero-order valence-corrected chi connectivity index (χ0v) is 16.2. The molecule has 1 amide bonds. The van der Waals surface area contributed by atoms with Crippen molar-refractivity contribution in [2.75, 3.05) is 19.8 Å². The molecule has 3 aromatic heterocycles. The fourth-order valence-corrected chi connectivity index (χ4v) is 5.10. The zero-order chi connectivity index (χ0) is 19.0. The van der Waals surface area contributed by atoms with Gasteiger partial charge in [-0.15, -0.1) is 11.3 Å². The number of carbonyl (C=O) groups excluding carboxylic acids is 1. The van der Waals surface area contributed by atoms with Crippen molar-refractivity contribution in [1.82, 2.24) is 24.8 Å². The third kappa shape index (κ3) is 2.93. The summed E-state index contributed by atoms with van der Waals surface area (Å²) in [6, 6.07) is 5.76. The van der Waals surface area contributed by atoms with Crippen molar-refractivity contribution in [3.63, 3.8) is 0 Å². The molecular weight excluding hydrogens is 374 g/mol. The van der Waals surface area contributed by atoms with Crippen LogP contribution in [0, 0.1) is 0 Å². The molecule has 0 radical (unpaired) electrons. The Labute approximate surface area is 166 Å². The molecule has 8 heteroatoms. The third-order valence-electron chi connectivity index (χ3n) is 5.65. The van der Waals surface area contributed by atoms with Crippen LogP contribution in [-0.4, -0.2) is 50.5 Å². The summed E-state index contributed by atoms with van der Waals surface area (Å²) in [6.07, 6.45) is 6.17. The van der Waals surface area contributed by atoms with Crippen LogP contribution in [0.4, 0.5) is 0 Å². The Morgan fingerprint density at radius 2 is 2.18 bits per heavy atom. The molecule has 28 heavy (non-hydrogen) atoms.